The molecule has 4 amide bonds. The summed E-state index contributed by atoms with van der Waals surface area (Å²) in [6, 6.07) is 9.67. The molecular weight excluding hydrogens is 474 g/mol. The van der Waals surface area contributed by atoms with Crippen LogP contribution in [0.2, 0.25) is 0 Å². The van der Waals surface area contributed by atoms with E-state index in [-0.39, 0.29) is 12.2 Å². The van der Waals surface area contributed by atoms with Crippen LogP contribution >= 0.6 is 0 Å². The van der Waals surface area contributed by atoms with Crippen molar-refractivity contribution in [3.05, 3.63) is 70.8 Å². The molecule has 2 aromatic rings. The zero-order valence-corrected chi connectivity index (χ0v) is 19.4. The summed E-state index contributed by atoms with van der Waals surface area (Å²) < 4.78 is 27.7. The lowest BCUT2D eigenvalue weighted by Crippen LogP contribution is -2.69. The van der Waals surface area contributed by atoms with Crippen molar-refractivity contribution in [1.29, 1.82) is 0 Å². The first kappa shape index (κ1) is 27.8. The molecule has 0 aliphatic heterocycles. The smallest absolute Gasteiger partial charge is 0.315 e. The highest BCUT2D eigenvalue weighted by atomic mass is 19.3. The predicted molar refractivity (Wildman–Crippen MR) is 126 cm³/mol. The van der Waals surface area contributed by atoms with E-state index in [0.29, 0.717) is 5.56 Å². The Labute approximate surface area is 206 Å². The number of hydroxylamine groups is 1. The van der Waals surface area contributed by atoms with Crippen molar-refractivity contribution in [1.82, 2.24) is 21.4 Å². The Morgan fingerprint density at radius 3 is 1.94 bits per heavy atom. The number of rotatable bonds is 7. The molecule has 0 fully saturated rings. The Balaban J connectivity index is 2.16. The fourth-order valence-electron chi connectivity index (χ4n) is 2.93. The topological polar surface area (TPSA) is 140 Å². The standard InChI is InChI=1S/C25H24F2N4O5/c1-25(23(26)27,30-24(35)28-2)20(22(34)31-36)29-21(33)19-13-11-17(12-14-19)6-4-3-5-16-7-9-18(15-32)10-8-16/h7-14,20,23,32,36H,15H2,1-2H3,(H,29,33)(H,31,34)(H2,28,30,35). The van der Waals surface area contributed by atoms with E-state index < -0.39 is 35.9 Å². The minimum Gasteiger partial charge on any atom is -0.392 e. The van der Waals surface area contributed by atoms with Crippen LogP contribution in [0.1, 0.15) is 34.0 Å². The molecule has 9 nitrogen and oxygen atoms in total. The largest absolute Gasteiger partial charge is 0.392 e. The molecule has 0 bridgehead atoms. The van der Waals surface area contributed by atoms with Gasteiger partial charge >= 0.3 is 6.03 Å². The van der Waals surface area contributed by atoms with Crippen molar-refractivity contribution in [3.63, 3.8) is 0 Å². The maximum atomic E-state index is 13.8. The van der Waals surface area contributed by atoms with Crippen LogP contribution < -0.4 is 21.4 Å². The summed E-state index contributed by atoms with van der Waals surface area (Å²) in [5.74, 6) is 8.74. The number of carbonyl (C=O) groups excluding carboxylic acids is 3. The van der Waals surface area contributed by atoms with Gasteiger partial charge in [0.05, 0.1) is 6.61 Å². The third kappa shape index (κ3) is 7.27. The van der Waals surface area contributed by atoms with Crippen LogP contribution in [-0.2, 0) is 11.4 Å². The summed E-state index contributed by atoms with van der Waals surface area (Å²) in [5, 5.41) is 24.2. The number of halogens is 2. The Hall–Kier alpha value is -4.45. The Morgan fingerprint density at radius 1 is 0.972 bits per heavy atom. The van der Waals surface area contributed by atoms with E-state index in [2.05, 4.69) is 34.3 Å². The second-order valence-electron chi connectivity index (χ2n) is 7.60. The minimum atomic E-state index is -3.29. The van der Waals surface area contributed by atoms with E-state index in [1.165, 1.54) is 36.8 Å². The summed E-state index contributed by atoms with van der Waals surface area (Å²) in [6.07, 6.45) is -3.29. The Kier molecular flexibility index (Phi) is 9.93. The van der Waals surface area contributed by atoms with Gasteiger partial charge in [0.15, 0.2) is 0 Å². The van der Waals surface area contributed by atoms with Crippen LogP contribution in [0.25, 0.3) is 0 Å². The van der Waals surface area contributed by atoms with Gasteiger partial charge in [-0.25, -0.2) is 19.1 Å². The molecule has 0 radical (unpaired) electrons. The van der Waals surface area contributed by atoms with Gasteiger partial charge in [-0.15, -0.1) is 0 Å². The number of hydrogen-bond acceptors (Lipinski definition) is 5. The number of hydrogen-bond donors (Lipinski definition) is 6. The molecule has 6 N–H and O–H groups in total. The van der Waals surface area contributed by atoms with E-state index >= 15 is 0 Å². The first-order valence-electron chi connectivity index (χ1n) is 10.5. The molecule has 0 saturated carbocycles. The average Bonchev–Trinajstić information content (AvgIpc) is 2.89. The van der Waals surface area contributed by atoms with Gasteiger partial charge in [-0.3, -0.25) is 14.8 Å². The van der Waals surface area contributed by atoms with Crippen LogP contribution in [0.3, 0.4) is 0 Å². The van der Waals surface area contributed by atoms with Crippen LogP contribution in [0.15, 0.2) is 48.5 Å². The molecule has 2 unspecified atom stereocenters. The summed E-state index contributed by atoms with van der Waals surface area (Å²) in [6.45, 7) is 0.795. The van der Waals surface area contributed by atoms with Crippen LogP contribution in [-0.4, -0.2) is 53.2 Å². The summed E-state index contributed by atoms with van der Waals surface area (Å²) >= 11 is 0. The van der Waals surface area contributed by atoms with Crippen molar-refractivity contribution < 1.29 is 33.5 Å². The molecule has 0 heterocycles. The lowest BCUT2D eigenvalue weighted by Gasteiger charge is -2.36. The molecule has 0 aliphatic carbocycles. The number of aliphatic hydroxyl groups is 1. The second-order valence-corrected chi connectivity index (χ2v) is 7.60. The highest BCUT2D eigenvalue weighted by molar-refractivity contribution is 5.98. The van der Waals surface area contributed by atoms with Gasteiger partial charge in [0, 0.05) is 23.7 Å². The number of benzene rings is 2. The molecular formula is C25H24F2N4O5. The maximum absolute atomic E-state index is 13.8. The van der Waals surface area contributed by atoms with Gasteiger partial charge in [-0.1, -0.05) is 24.0 Å². The molecule has 0 aliphatic rings. The number of nitrogens with one attached hydrogen (secondary N) is 4. The number of alkyl halides is 2. The molecule has 36 heavy (non-hydrogen) atoms. The fraction of sp³-hybridized carbons (Fsp3) is 0.240. The van der Waals surface area contributed by atoms with E-state index in [9.17, 15) is 23.2 Å². The zero-order chi connectivity index (χ0) is 26.7. The van der Waals surface area contributed by atoms with E-state index in [4.69, 9.17) is 10.3 Å². The van der Waals surface area contributed by atoms with Crippen LogP contribution in [0.5, 0.6) is 0 Å². The van der Waals surface area contributed by atoms with Crippen molar-refractivity contribution in [3.8, 4) is 23.7 Å². The lowest BCUT2D eigenvalue weighted by atomic mass is 9.91. The first-order valence-corrected chi connectivity index (χ1v) is 10.5. The van der Waals surface area contributed by atoms with Gasteiger partial charge in [-0.05, 0) is 60.7 Å². The van der Waals surface area contributed by atoms with E-state index in [0.717, 1.165) is 18.1 Å². The fourth-order valence-corrected chi connectivity index (χ4v) is 2.93. The molecule has 0 aromatic heterocycles. The zero-order valence-electron chi connectivity index (χ0n) is 19.4. The van der Waals surface area contributed by atoms with E-state index in [1.807, 2.05) is 5.32 Å². The van der Waals surface area contributed by atoms with Crippen LogP contribution in [0, 0.1) is 23.7 Å². The SMILES string of the molecule is CNC(=O)NC(C)(C(F)F)C(NC(=O)c1ccc(C#CC#Cc2ccc(CO)cc2)cc1)C(=O)NO. The number of aliphatic hydroxyl groups excluding tert-OH is 1. The van der Waals surface area contributed by atoms with Crippen LogP contribution in [0.4, 0.5) is 13.6 Å². The van der Waals surface area contributed by atoms with Gasteiger partial charge in [0.2, 0.25) is 0 Å². The number of amides is 4. The van der Waals surface area contributed by atoms with Crippen molar-refractivity contribution in [2.24, 2.45) is 0 Å². The van der Waals surface area contributed by atoms with Gasteiger partial charge in [0.1, 0.15) is 11.6 Å². The second kappa shape index (κ2) is 12.9. The molecule has 2 aromatic carbocycles. The average molecular weight is 498 g/mol. The Bertz CT molecular complexity index is 1210. The molecule has 188 valence electrons. The minimum absolute atomic E-state index is 0.0166. The highest BCUT2D eigenvalue weighted by Gasteiger charge is 2.48. The van der Waals surface area contributed by atoms with Crippen molar-refractivity contribution in [2.45, 2.75) is 31.5 Å². The summed E-state index contributed by atoms with van der Waals surface area (Å²) in [5.41, 5.74) is 0.691. The third-order valence-corrected chi connectivity index (χ3v) is 5.07. The monoisotopic (exact) mass is 498 g/mol. The third-order valence-electron chi connectivity index (χ3n) is 5.07. The molecule has 2 atom stereocenters. The van der Waals surface area contributed by atoms with Crippen molar-refractivity contribution >= 4 is 17.8 Å². The predicted octanol–water partition coefficient (Wildman–Crippen LogP) is 1.14. The first-order chi connectivity index (χ1) is 17.1. The molecule has 0 saturated heterocycles. The highest BCUT2D eigenvalue weighted by Crippen LogP contribution is 2.21. The lowest BCUT2D eigenvalue weighted by molar-refractivity contribution is -0.135. The van der Waals surface area contributed by atoms with Crippen molar-refractivity contribution in [2.75, 3.05) is 7.05 Å². The number of urea groups is 1. The van der Waals surface area contributed by atoms with Gasteiger partial charge in [-0.2, -0.15) is 0 Å². The van der Waals surface area contributed by atoms with E-state index in [1.54, 1.807) is 24.3 Å². The normalized spacial score (nSPS) is 12.5. The Morgan fingerprint density at radius 2 is 1.50 bits per heavy atom. The number of carbonyl (C=O) groups is 3. The maximum Gasteiger partial charge on any atom is 0.315 e. The molecule has 11 heteroatoms. The summed E-state index contributed by atoms with van der Waals surface area (Å²) in [7, 11) is 1.19. The quantitative estimate of drug-likeness (QED) is 0.193. The van der Waals surface area contributed by atoms with Gasteiger partial charge in [0.25, 0.3) is 18.2 Å². The molecule has 2 rings (SSSR count). The summed E-state index contributed by atoms with van der Waals surface area (Å²) in [4.78, 5) is 36.4. The van der Waals surface area contributed by atoms with Gasteiger partial charge < -0.3 is 21.1 Å². The molecule has 0 spiro atoms.